The number of nitrogens with one attached hydrogen (secondary N) is 3. The summed E-state index contributed by atoms with van der Waals surface area (Å²) >= 11 is 6.13. The number of para-hydroxylation sites is 1. The van der Waals surface area contributed by atoms with E-state index in [2.05, 4.69) is 15.4 Å². The van der Waals surface area contributed by atoms with Gasteiger partial charge in [0.25, 0.3) is 15.9 Å². The molecular formula is C24H24ClN3O4S. The number of anilines is 2. The van der Waals surface area contributed by atoms with Crippen LogP contribution in [0.15, 0.2) is 71.6 Å². The molecule has 3 aromatic carbocycles. The van der Waals surface area contributed by atoms with Crippen LogP contribution in [0.25, 0.3) is 0 Å². The third-order valence-electron chi connectivity index (χ3n) is 4.84. The Labute approximate surface area is 198 Å². The lowest BCUT2D eigenvalue weighted by molar-refractivity contribution is -0.115. The van der Waals surface area contributed by atoms with E-state index in [9.17, 15) is 18.0 Å². The Morgan fingerprint density at radius 3 is 2.45 bits per heavy atom. The Balaban J connectivity index is 1.70. The Hall–Kier alpha value is -3.36. The Bertz CT molecular complexity index is 1290. The van der Waals surface area contributed by atoms with Crippen LogP contribution in [0.5, 0.6) is 0 Å². The summed E-state index contributed by atoms with van der Waals surface area (Å²) in [5.41, 5.74) is 2.89. The van der Waals surface area contributed by atoms with E-state index in [0.717, 1.165) is 17.5 Å². The van der Waals surface area contributed by atoms with Gasteiger partial charge in [0.2, 0.25) is 5.91 Å². The summed E-state index contributed by atoms with van der Waals surface area (Å²) in [5.74, 6) is -1.07. The molecule has 0 aliphatic heterocycles. The van der Waals surface area contributed by atoms with Gasteiger partial charge in [-0.25, -0.2) is 8.42 Å². The molecule has 0 aromatic heterocycles. The van der Waals surface area contributed by atoms with E-state index in [-0.39, 0.29) is 22.0 Å². The van der Waals surface area contributed by atoms with Crippen LogP contribution in [0, 0.1) is 6.92 Å². The fraction of sp³-hybridized carbons (Fsp3) is 0.167. The molecule has 0 atom stereocenters. The lowest BCUT2D eigenvalue weighted by Gasteiger charge is -2.12. The molecule has 0 radical (unpaired) electrons. The minimum absolute atomic E-state index is 0.0504. The first-order chi connectivity index (χ1) is 15.7. The SMILES string of the molecule is CCc1ccccc1NC(=O)CNC(=O)c1cc(S(=O)(=O)Nc2cccc(C)c2)ccc1Cl. The van der Waals surface area contributed by atoms with Gasteiger partial charge in [0.05, 0.1) is 22.0 Å². The molecule has 172 valence electrons. The summed E-state index contributed by atoms with van der Waals surface area (Å²) in [6.45, 7) is 3.52. The van der Waals surface area contributed by atoms with E-state index in [1.165, 1.54) is 18.2 Å². The molecule has 2 amide bonds. The maximum Gasteiger partial charge on any atom is 0.261 e. The van der Waals surface area contributed by atoms with Gasteiger partial charge in [-0.1, -0.05) is 48.9 Å². The van der Waals surface area contributed by atoms with Gasteiger partial charge in [-0.05, 0) is 60.9 Å². The maximum atomic E-state index is 12.8. The number of carbonyl (C=O) groups is 2. The molecule has 0 aliphatic carbocycles. The highest BCUT2D eigenvalue weighted by atomic mass is 35.5. The van der Waals surface area contributed by atoms with Crippen LogP contribution in [0.2, 0.25) is 5.02 Å². The van der Waals surface area contributed by atoms with Crippen molar-refractivity contribution in [3.63, 3.8) is 0 Å². The second-order valence-corrected chi connectivity index (χ2v) is 9.45. The minimum atomic E-state index is -3.95. The number of halogens is 1. The summed E-state index contributed by atoms with van der Waals surface area (Å²) in [6.07, 6.45) is 0.746. The molecule has 0 fully saturated rings. The highest BCUT2D eigenvalue weighted by Crippen LogP contribution is 2.23. The number of benzene rings is 3. The zero-order chi connectivity index (χ0) is 24.0. The molecule has 0 saturated heterocycles. The van der Waals surface area contributed by atoms with Gasteiger partial charge in [-0.15, -0.1) is 0 Å². The van der Waals surface area contributed by atoms with Crippen LogP contribution in [-0.2, 0) is 21.2 Å². The predicted molar refractivity (Wildman–Crippen MR) is 130 cm³/mol. The minimum Gasteiger partial charge on any atom is -0.343 e. The van der Waals surface area contributed by atoms with Gasteiger partial charge >= 0.3 is 0 Å². The van der Waals surface area contributed by atoms with Gasteiger partial charge < -0.3 is 10.6 Å². The van der Waals surface area contributed by atoms with Crippen molar-refractivity contribution in [1.29, 1.82) is 0 Å². The summed E-state index contributed by atoms with van der Waals surface area (Å²) in [5, 5.41) is 5.31. The summed E-state index contributed by atoms with van der Waals surface area (Å²) in [4.78, 5) is 24.8. The second-order valence-electron chi connectivity index (χ2n) is 7.36. The van der Waals surface area contributed by atoms with E-state index in [4.69, 9.17) is 11.6 Å². The molecule has 3 rings (SSSR count). The first-order valence-electron chi connectivity index (χ1n) is 10.2. The number of sulfonamides is 1. The lowest BCUT2D eigenvalue weighted by Crippen LogP contribution is -2.33. The van der Waals surface area contributed by atoms with Crippen molar-refractivity contribution < 1.29 is 18.0 Å². The van der Waals surface area contributed by atoms with E-state index in [1.54, 1.807) is 24.3 Å². The van der Waals surface area contributed by atoms with Crippen LogP contribution in [-0.4, -0.2) is 26.8 Å². The largest absolute Gasteiger partial charge is 0.343 e. The zero-order valence-electron chi connectivity index (χ0n) is 18.2. The Morgan fingerprint density at radius 2 is 1.73 bits per heavy atom. The molecule has 9 heteroatoms. The third kappa shape index (κ3) is 6.34. The summed E-state index contributed by atoms with van der Waals surface area (Å²) in [7, 11) is -3.95. The summed E-state index contributed by atoms with van der Waals surface area (Å²) < 4.78 is 28.0. The summed E-state index contributed by atoms with van der Waals surface area (Å²) in [6, 6.07) is 18.1. The molecule has 3 aromatic rings. The standard InChI is InChI=1S/C24H24ClN3O4S/c1-3-17-8-4-5-10-22(17)27-23(29)15-26-24(30)20-14-19(11-12-21(20)25)33(31,32)28-18-9-6-7-16(2)13-18/h4-14,28H,3,15H2,1-2H3,(H,26,30)(H,27,29). The second kappa shape index (κ2) is 10.5. The van der Waals surface area contributed by atoms with Crippen LogP contribution in [0.3, 0.4) is 0 Å². The van der Waals surface area contributed by atoms with Crippen molar-refractivity contribution in [2.45, 2.75) is 25.2 Å². The van der Waals surface area contributed by atoms with Crippen molar-refractivity contribution in [1.82, 2.24) is 5.32 Å². The molecule has 0 bridgehead atoms. The maximum absolute atomic E-state index is 12.8. The quantitative estimate of drug-likeness (QED) is 0.440. The predicted octanol–water partition coefficient (Wildman–Crippen LogP) is 4.38. The van der Waals surface area contributed by atoms with Gasteiger partial charge in [-0.3, -0.25) is 14.3 Å². The molecule has 33 heavy (non-hydrogen) atoms. The number of aryl methyl sites for hydroxylation is 2. The molecule has 0 spiro atoms. The van der Waals surface area contributed by atoms with Gasteiger partial charge in [-0.2, -0.15) is 0 Å². The molecule has 0 heterocycles. The number of hydrogen-bond donors (Lipinski definition) is 3. The third-order valence-corrected chi connectivity index (χ3v) is 6.55. The number of amides is 2. The van der Waals surface area contributed by atoms with Crippen LogP contribution in [0.4, 0.5) is 11.4 Å². The van der Waals surface area contributed by atoms with Gasteiger partial charge in [0.1, 0.15) is 0 Å². The van der Waals surface area contributed by atoms with Gasteiger partial charge in [0, 0.05) is 11.4 Å². The molecule has 0 aliphatic rings. The number of carbonyl (C=O) groups excluding carboxylic acids is 2. The van der Waals surface area contributed by atoms with Crippen molar-refractivity contribution in [2.75, 3.05) is 16.6 Å². The van der Waals surface area contributed by atoms with Gasteiger partial charge in [0.15, 0.2) is 0 Å². The van der Waals surface area contributed by atoms with Crippen molar-refractivity contribution in [2.24, 2.45) is 0 Å². The fourth-order valence-corrected chi connectivity index (χ4v) is 4.45. The number of hydrogen-bond acceptors (Lipinski definition) is 4. The van der Waals surface area contributed by atoms with E-state index in [0.29, 0.717) is 11.4 Å². The average Bonchev–Trinajstić information content (AvgIpc) is 2.77. The van der Waals surface area contributed by atoms with Crippen molar-refractivity contribution in [3.05, 3.63) is 88.4 Å². The highest BCUT2D eigenvalue weighted by molar-refractivity contribution is 7.92. The molecule has 3 N–H and O–H groups in total. The normalized spacial score (nSPS) is 11.0. The average molecular weight is 486 g/mol. The highest BCUT2D eigenvalue weighted by Gasteiger charge is 2.19. The van der Waals surface area contributed by atoms with Crippen LogP contribution in [0.1, 0.15) is 28.4 Å². The monoisotopic (exact) mass is 485 g/mol. The smallest absolute Gasteiger partial charge is 0.261 e. The van der Waals surface area contributed by atoms with E-state index < -0.39 is 21.8 Å². The number of rotatable bonds is 8. The van der Waals surface area contributed by atoms with Crippen LogP contribution >= 0.6 is 11.6 Å². The van der Waals surface area contributed by atoms with E-state index in [1.807, 2.05) is 38.1 Å². The van der Waals surface area contributed by atoms with Crippen molar-refractivity contribution >= 4 is 44.8 Å². The van der Waals surface area contributed by atoms with Crippen molar-refractivity contribution in [3.8, 4) is 0 Å². The first-order valence-corrected chi connectivity index (χ1v) is 12.1. The van der Waals surface area contributed by atoms with Crippen LogP contribution < -0.4 is 15.4 Å². The molecular weight excluding hydrogens is 462 g/mol. The fourth-order valence-electron chi connectivity index (χ4n) is 3.17. The molecule has 7 nitrogen and oxygen atoms in total. The molecule has 0 saturated carbocycles. The molecule has 0 unspecified atom stereocenters. The first kappa shape index (κ1) is 24.3. The topological polar surface area (TPSA) is 104 Å². The Kier molecular flexibility index (Phi) is 7.73. The Morgan fingerprint density at radius 1 is 0.970 bits per heavy atom. The lowest BCUT2D eigenvalue weighted by atomic mass is 10.1. The van der Waals surface area contributed by atoms with E-state index >= 15 is 0 Å². The zero-order valence-corrected chi connectivity index (χ0v) is 19.8.